The SMILES string of the molecule is Cl.N=C(N)c1ncc(C(F)(F)F)s1. The van der Waals surface area contributed by atoms with Crippen LogP contribution in [0.25, 0.3) is 0 Å². The summed E-state index contributed by atoms with van der Waals surface area (Å²) in [6, 6.07) is 0. The van der Waals surface area contributed by atoms with Crippen LogP contribution in [0, 0.1) is 5.41 Å². The Kier molecular flexibility index (Phi) is 3.68. The van der Waals surface area contributed by atoms with Crippen molar-refractivity contribution >= 4 is 29.6 Å². The predicted octanol–water partition coefficient (Wildman–Crippen LogP) is 1.87. The number of nitrogens with zero attached hydrogens (tertiary/aromatic N) is 1. The van der Waals surface area contributed by atoms with E-state index in [2.05, 4.69) is 4.98 Å². The molecule has 0 aromatic carbocycles. The van der Waals surface area contributed by atoms with Crippen LogP contribution in [-0.4, -0.2) is 10.8 Å². The van der Waals surface area contributed by atoms with Gasteiger partial charge in [0, 0.05) is 0 Å². The summed E-state index contributed by atoms with van der Waals surface area (Å²) in [6.07, 6.45) is -3.73. The Hall–Kier alpha value is -0.820. The largest absolute Gasteiger partial charge is 0.427 e. The molecule has 13 heavy (non-hydrogen) atoms. The fraction of sp³-hybridized carbons (Fsp3) is 0.200. The van der Waals surface area contributed by atoms with Crippen molar-refractivity contribution in [2.24, 2.45) is 5.73 Å². The van der Waals surface area contributed by atoms with Gasteiger partial charge in [-0.2, -0.15) is 13.2 Å². The summed E-state index contributed by atoms with van der Waals surface area (Å²) in [5.41, 5.74) is 4.93. The summed E-state index contributed by atoms with van der Waals surface area (Å²) in [5.74, 6) is -0.449. The Bertz CT molecular complexity index is 308. The summed E-state index contributed by atoms with van der Waals surface area (Å²) in [5, 5.41) is 6.70. The van der Waals surface area contributed by atoms with Crippen LogP contribution < -0.4 is 5.73 Å². The van der Waals surface area contributed by atoms with E-state index in [1.54, 1.807) is 0 Å². The second-order valence-corrected chi connectivity index (χ2v) is 2.97. The van der Waals surface area contributed by atoms with E-state index in [0.29, 0.717) is 17.5 Å². The highest BCUT2D eigenvalue weighted by Crippen LogP contribution is 2.32. The topological polar surface area (TPSA) is 62.8 Å². The van der Waals surface area contributed by atoms with Crippen molar-refractivity contribution in [2.45, 2.75) is 6.18 Å². The maximum Gasteiger partial charge on any atom is 0.427 e. The second-order valence-electron chi connectivity index (χ2n) is 1.94. The number of nitrogens with two attached hydrogens (primary N) is 1. The number of thiazole rings is 1. The van der Waals surface area contributed by atoms with Gasteiger partial charge in [-0.3, -0.25) is 5.41 Å². The third-order valence-electron chi connectivity index (χ3n) is 1.02. The van der Waals surface area contributed by atoms with Gasteiger partial charge >= 0.3 is 6.18 Å². The summed E-state index contributed by atoms with van der Waals surface area (Å²) < 4.78 is 35.8. The third-order valence-corrected chi connectivity index (χ3v) is 2.09. The van der Waals surface area contributed by atoms with Crippen molar-refractivity contribution in [2.75, 3.05) is 0 Å². The van der Waals surface area contributed by atoms with Gasteiger partial charge in [0.2, 0.25) is 0 Å². The molecular weight excluding hydrogens is 227 g/mol. The van der Waals surface area contributed by atoms with Crippen molar-refractivity contribution in [1.82, 2.24) is 4.98 Å². The Morgan fingerprint density at radius 2 is 2.08 bits per heavy atom. The number of aromatic nitrogens is 1. The van der Waals surface area contributed by atoms with E-state index in [1.807, 2.05) is 0 Å². The number of rotatable bonds is 1. The molecule has 0 bridgehead atoms. The minimum atomic E-state index is -4.40. The lowest BCUT2D eigenvalue weighted by Gasteiger charge is -1.99. The summed E-state index contributed by atoms with van der Waals surface area (Å²) in [7, 11) is 0. The first-order valence-corrected chi connectivity index (χ1v) is 3.60. The average molecular weight is 232 g/mol. The number of hydrogen-bond acceptors (Lipinski definition) is 3. The fourth-order valence-corrected chi connectivity index (χ4v) is 1.17. The molecule has 0 aliphatic rings. The van der Waals surface area contributed by atoms with Gasteiger partial charge in [-0.15, -0.1) is 23.7 Å². The van der Waals surface area contributed by atoms with Crippen LogP contribution in [-0.2, 0) is 6.18 Å². The Morgan fingerprint density at radius 3 is 2.31 bits per heavy atom. The summed E-state index contributed by atoms with van der Waals surface area (Å²) in [4.78, 5) is 2.49. The van der Waals surface area contributed by atoms with Crippen LogP contribution in [0.5, 0.6) is 0 Å². The molecule has 0 radical (unpaired) electrons. The Balaban J connectivity index is 0.00000144. The first kappa shape index (κ1) is 12.2. The quantitative estimate of drug-likeness (QED) is 0.573. The molecule has 0 aliphatic carbocycles. The van der Waals surface area contributed by atoms with Crippen molar-refractivity contribution < 1.29 is 13.2 Å². The van der Waals surface area contributed by atoms with E-state index in [9.17, 15) is 13.2 Å². The molecule has 1 aromatic heterocycles. The molecule has 1 rings (SSSR count). The number of nitrogens with one attached hydrogen (secondary N) is 1. The monoisotopic (exact) mass is 231 g/mol. The van der Waals surface area contributed by atoms with Crippen LogP contribution >= 0.6 is 23.7 Å². The highest BCUT2D eigenvalue weighted by Gasteiger charge is 2.33. The summed E-state index contributed by atoms with van der Waals surface area (Å²) >= 11 is 0.362. The zero-order valence-corrected chi connectivity index (χ0v) is 7.69. The molecule has 0 spiro atoms. The molecule has 3 N–H and O–H groups in total. The standard InChI is InChI=1S/C5H4F3N3S.ClH/c6-5(7,8)2-1-11-4(12-2)3(9)10;/h1H,(H3,9,10);1H. The highest BCUT2D eigenvalue weighted by molar-refractivity contribution is 7.13. The van der Waals surface area contributed by atoms with Crippen LogP contribution in [0.1, 0.15) is 9.88 Å². The van der Waals surface area contributed by atoms with Crippen molar-refractivity contribution in [3.8, 4) is 0 Å². The zero-order valence-electron chi connectivity index (χ0n) is 6.05. The molecular formula is C5H5ClF3N3S. The van der Waals surface area contributed by atoms with Crippen LogP contribution in [0.4, 0.5) is 13.2 Å². The molecule has 0 fully saturated rings. The van der Waals surface area contributed by atoms with E-state index < -0.39 is 16.9 Å². The summed E-state index contributed by atoms with van der Waals surface area (Å²) in [6.45, 7) is 0. The molecule has 0 saturated carbocycles. The minimum Gasteiger partial charge on any atom is -0.382 e. The predicted molar refractivity (Wildman–Crippen MR) is 45.4 cm³/mol. The smallest absolute Gasteiger partial charge is 0.382 e. The molecule has 3 nitrogen and oxygen atoms in total. The molecule has 0 saturated heterocycles. The highest BCUT2D eigenvalue weighted by atomic mass is 35.5. The number of amidine groups is 1. The first-order chi connectivity index (χ1) is 5.41. The molecule has 0 amide bonds. The Labute approximate surface area is 81.7 Å². The Morgan fingerprint density at radius 1 is 1.54 bits per heavy atom. The molecule has 1 heterocycles. The van der Waals surface area contributed by atoms with Gasteiger partial charge in [0.25, 0.3) is 0 Å². The van der Waals surface area contributed by atoms with Gasteiger partial charge in [-0.25, -0.2) is 4.98 Å². The zero-order chi connectivity index (χ0) is 9.35. The van der Waals surface area contributed by atoms with Crippen molar-refractivity contribution in [1.29, 1.82) is 5.41 Å². The molecule has 0 unspecified atom stereocenters. The van der Waals surface area contributed by atoms with Crippen LogP contribution in [0.15, 0.2) is 6.20 Å². The fourth-order valence-electron chi connectivity index (χ4n) is 0.530. The van der Waals surface area contributed by atoms with E-state index >= 15 is 0 Å². The van der Waals surface area contributed by atoms with Crippen molar-refractivity contribution in [3.05, 3.63) is 16.1 Å². The van der Waals surface area contributed by atoms with Crippen LogP contribution in [0.3, 0.4) is 0 Å². The lowest BCUT2D eigenvalue weighted by Crippen LogP contribution is -2.09. The van der Waals surface area contributed by atoms with E-state index in [4.69, 9.17) is 11.1 Å². The molecule has 74 valence electrons. The molecule has 0 aliphatic heterocycles. The third kappa shape index (κ3) is 2.85. The average Bonchev–Trinajstić information content (AvgIpc) is 2.30. The maximum absolute atomic E-state index is 11.9. The van der Waals surface area contributed by atoms with Gasteiger partial charge < -0.3 is 5.73 Å². The van der Waals surface area contributed by atoms with Gasteiger partial charge in [-0.1, -0.05) is 0 Å². The molecule has 1 aromatic rings. The van der Waals surface area contributed by atoms with Crippen LogP contribution in [0.2, 0.25) is 0 Å². The van der Waals surface area contributed by atoms with E-state index in [0.717, 1.165) is 0 Å². The number of nitrogen functional groups attached to an aromatic ring is 1. The number of hydrogen-bond donors (Lipinski definition) is 2. The number of alkyl halides is 3. The molecule has 8 heteroatoms. The maximum atomic E-state index is 11.9. The minimum absolute atomic E-state index is 0. The van der Waals surface area contributed by atoms with Gasteiger partial charge in [-0.05, 0) is 0 Å². The van der Waals surface area contributed by atoms with Gasteiger partial charge in [0.05, 0.1) is 6.20 Å². The normalized spacial score (nSPS) is 10.7. The first-order valence-electron chi connectivity index (χ1n) is 2.78. The second kappa shape index (κ2) is 3.93. The number of halogens is 4. The molecule has 0 atom stereocenters. The van der Waals surface area contributed by atoms with Crippen molar-refractivity contribution in [3.63, 3.8) is 0 Å². The van der Waals surface area contributed by atoms with Gasteiger partial charge in [0.1, 0.15) is 4.88 Å². The van der Waals surface area contributed by atoms with E-state index in [1.165, 1.54) is 0 Å². The lowest BCUT2D eigenvalue weighted by molar-refractivity contribution is -0.134. The van der Waals surface area contributed by atoms with Gasteiger partial charge in [0.15, 0.2) is 10.8 Å². The lowest BCUT2D eigenvalue weighted by atomic mass is 10.5. The van der Waals surface area contributed by atoms with E-state index in [-0.39, 0.29) is 17.4 Å².